The van der Waals surface area contributed by atoms with E-state index in [0.717, 1.165) is 33.3 Å². The zero-order valence-corrected chi connectivity index (χ0v) is 21.1. The van der Waals surface area contributed by atoms with Gasteiger partial charge in [0.05, 0.1) is 5.58 Å². The fourth-order valence-corrected chi connectivity index (χ4v) is 3.55. The standard InChI is InChI=1S/C17H11N2O.C13H12N.Ir/c1-11-8-9-13-12-5-4-6-14(15-7-2-3-10-18-15)16(12)20-17(13)19-11;1-10-3-6-12(7-4-10)13-8-5-11(2)9-14-13;/h2-5,7-10H,1H3;3-6,8-9H,1-2H3;/q2*-1;/i;1D3,2D3;. The Kier molecular flexibility index (Phi) is 5.43. The van der Waals surface area contributed by atoms with Gasteiger partial charge < -0.3 is 14.4 Å². The van der Waals surface area contributed by atoms with Crippen molar-refractivity contribution in [2.24, 2.45) is 0 Å². The van der Waals surface area contributed by atoms with Crippen LogP contribution in [0.1, 0.15) is 25.0 Å². The second kappa shape index (κ2) is 10.7. The zero-order chi connectivity index (χ0) is 28.5. The molecule has 0 N–H and O–H groups in total. The first-order valence-corrected chi connectivity index (χ1v) is 10.6. The van der Waals surface area contributed by atoms with E-state index in [-0.39, 0.29) is 31.2 Å². The molecule has 35 heavy (non-hydrogen) atoms. The first-order valence-electron chi connectivity index (χ1n) is 13.6. The van der Waals surface area contributed by atoms with Crippen LogP contribution in [0.5, 0.6) is 0 Å². The van der Waals surface area contributed by atoms with Gasteiger partial charge in [-0.3, -0.25) is 0 Å². The molecule has 0 atom stereocenters. The quantitative estimate of drug-likeness (QED) is 0.187. The van der Waals surface area contributed by atoms with Crippen LogP contribution in [0, 0.1) is 32.8 Å². The average molecular weight is 640 g/mol. The maximum atomic E-state index is 7.28. The SMILES string of the molecule is Cc1ccc2c(n1)oc1c(-c3ccccn3)[c-]ccc12.[2H]C([2H])([2H])c1c[c-]c(-c2ccc(C([2H])([2H])[2H])cn2)cc1.[Ir]. The fourth-order valence-electron chi connectivity index (χ4n) is 3.55. The summed E-state index contributed by atoms with van der Waals surface area (Å²) in [4.78, 5) is 12.9. The van der Waals surface area contributed by atoms with Gasteiger partial charge in [0.1, 0.15) is 0 Å². The predicted octanol–water partition coefficient (Wildman–Crippen LogP) is 7.31. The Morgan fingerprint density at radius 1 is 0.829 bits per heavy atom. The molecular formula is C30H23IrN3O-2. The molecule has 0 bridgehead atoms. The third-order valence-corrected chi connectivity index (χ3v) is 5.21. The summed E-state index contributed by atoms with van der Waals surface area (Å²) >= 11 is 0. The Morgan fingerprint density at radius 3 is 2.43 bits per heavy atom. The van der Waals surface area contributed by atoms with Gasteiger partial charge >= 0.3 is 0 Å². The largest absolute Gasteiger partial charge is 0.486 e. The molecule has 6 aromatic rings. The molecule has 1 radical (unpaired) electrons. The average Bonchev–Trinajstić information content (AvgIpc) is 3.31. The first kappa shape index (κ1) is 17.7. The number of nitrogens with zero attached hydrogens (tertiary/aromatic N) is 3. The minimum atomic E-state index is -2.18. The first-order chi connectivity index (χ1) is 19.0. The van der Waals surface area contributed by atoms with Gasteiger partial charge in [0.15, 0.2) is 0 Å². The number of rotatable bonds is 2. The van der Waals surface area contributed by atoms with Crippen molar-refractivity contribution >= 4 is 22.1 Å². The number of furan rings is 1. The molecule has 4 heterocycles. The fraction of sp³-hybridized carbons (Fsp3) is 0.100. The summed E-state index contributed by atoms with van der Waals surface area (Å²) in [5, 5.41) is 2.07. The summed E-state index contributed by atoms with van der Waals surface area (Å²) in [6.07, 6.45) is 3.07. The van der Waals surface area contributed by atoms with Crippen molar-refractivity contribution in [2.45, 2.75) is 20.6 Å². The number of hydrogen-bond acceptors (Lipinski definition) is 4. The minimum Gasteiger partial charge on any atom is -0.486 e. The summed E-state index contributed by atoms with van der Waals surface area (Å²) in [6, 6.07) is 27.4. The van der Waals surface area contributed by atoms with Crippen molar-refractivity contribution in [3.8, 4) is 22.5 Å². The van der Waals surface area contributed by atoms with E-state index in [0.29, 0.717) is 17.0 Å². The third-order valence-electron chi connectivity index (χ3n) is 5.21. The van der Waals surface area contributed by atoms with Crippen LogP contribution in [0.25, 0.3) is 44.6 Å². The van der Waals surface area contributed by atoms with Crippen LogP contribution in [0.3, 0.4) is 0 Å². The van der Waals surface area contributed by atoms with Crippen LogP contribution < -0.4 is 0 Å². The summed E-state index contributed by atoms with van der Waals surface area (Å²) < 4.78 is 49.6. The Hall–Kier alpha value is -3.66. The molecule has 0 spiro atoms. The molecule has 0 unspecified atom stereocenters. The van der Waals surface area contributed by atoms with Crippen LogP contribution >= 0.6 is 0 Å². The molecule has 4 aromatic heterocycles. The summed E-state index contributed by atoms with van der Waals surface area (Å²) in [6.45, 7) is -2.38. The molecule has 0 aliphatic carbocycles. The number of aryl methyl sites for hydroxylation is 3. The van der Waals surface area contributed by atoms with Crippen molar-refractivity contribution in [1.29, 1.82) is 0 Å². The molecule has 0 fully saturated rings. The van der Waals surface area contributed by atoms with E-state index in [2.05, 4.69) is 27.1 Å². The topological polar surface area (TPSA) is 51.8 Å². The van der Waals surface area contributed by atoms with E-state index in [1.165, 1.54) is 24.4 Å². The van der Waals surface area contributed by atoms with Gasteiger partial charge in [0, 0.05) is 51.8 Å². The van der Waals surface area contributed by atoms with E-state index in [1.807, 2.05) is 49.4 Å². The molecule has 0 saturated heterocycles. The number of fused-ring (bicyclic) bond motifs is 3. The zero-order valence-electron chi connectivity index (χ0n) is 24.7. The number of pyridine rings is 3. The van der Waals surface area contributed by atoms with Crippen LogP contribution in [-0.2, 0) is 20.1 Å². The smallest absolute Gasteiger partial charge is 0.216 e. The van der Waals surface area contributed by atoms with E-state index < -0.39 is 13.7 Å². The maximum Gasteiger partial charge on any atom is 0.216 e. The van der Waals surface area contributed by atoms with Crippen molar-refractivity contribution in [2.75, 3.05) is 0 Å². The number of benzene rings is 2. The summed E-state index contributed by atoms with van der Waals surface area (Å²) in [7, 11) is 0. The van der Waals surface area contributed by atoms with Gasteiger partial charge in [-0.25, -0.2) is 4.98 Å². The van der Waals surface area contributed by atoms with Gasteiger partial charge in [-0.05, 0) is 48.9 Å². The Balaban J connectivity index is 0.000000184. The van der Waals surface area contributed by atoms with Crippen LogP contribution in [-0.4, -0.2) is 15.0 Å². The molecule has 0 aliphatic heterocycles. The molecule has 0 amide bonds. The molecule has 0 aliphatic rings. The molecule has 4 nitrogen and oxygen atoms in total. The third kappa shape index (κ3) is 5.37. The Morgan fingerprint density at radius 2 is 1.71 bits per heavy atom. The molecule has 2 aromatic carbocycles. The van der Waals surface area contributed by atoms with Crippen molar-refractivity contribution < 1.29 is 32.7 Å². The second-order valence-corrected chi connectivity index (χ2v) is 7.64. The van der Waals surface area contributed by atoms with Gasteiger partial charge in [-0.15, -0.1) is 53.6 Å². The molecule has 0 saturated carbocycles. The van der Waals surface area contributed by atoms with Gasteiger partial charge in [0.25, 0.3) is 0 Å². The van der Waals surface area contributed by atoms with E-state index in [1.54, 1.807) is 18.3 Å². The second-order valence-electron chi connectivity index (χ2n) is 7.64. The number of aromatic nitrogens is 3. The molecule has 175 valence electrons. The molecule has 6 rings (SSSR count). The van der Waals surface area contributed by atoms with E-state index in [4.69, 9.17) is 12.6 Å². The monoisotopic (exact) mass is 640 g/mol. The van der Waals surface area contributed by atoms with Crippen molar-refractivity contribution in [3.05, 3.63) is 114 Å². The van der Waals surface area contributed by atoms with E-state index >= 15 is 0 Å². The van der Waals surface area contributed by atoms with Gasteiger partial charge in [0.2, 0.25) is 5.71 Å². The Bertz CT molecular complexity index is 1710. The van der Waals surface area contributed by atoms with Gasteiger partial charge in [-0.1, -0.05) is 42.1 Å². The van der Waals surface area contributed by atoms with Crippen molar-refractivity contribution in [1.82, 2.24) is 15.0 Å². The van der Waals surface area contributed by atoms with Crippen LogP contribution in [0.2, 0.25) is 0 Å². The van der Waals surface area contributed by atoms with Crippen molar-refractivity contribution in [3.63, 3.8) is 0 Å². The van der Waals surface area contributed by atoms with Crippen LogP contribution in [0.4, 0.5) is 0 Å². The maximum absolute atomic E-state index is 7.28. The summed E-state index contributed by atoms with van der Waals surface area (Å²) in [5.74, 6) is 0. The number of hydrogen-bond donors (Lipinski definition) is 0. The van der Waals surface area contributed by atoms with E-state index in [9.17, 15) is 0 Å². The van der Waals surface area contributed by atoms with Crippen LogP contribution in [0.15, 0.2) is 89.6 Å². The normalized spacial score (nSPS) is 13.7. The molecule has 5 heteroatoms. The van der Waals surface area contributed by atoms with Gasteiger partial charge in [-0.2, -0.15) is 0 Å². The minimum absolute atomic E-state index is 0. The Labute approximate surface area is 226 Å². The predicted molar refractivity (Wildman–Crippen MR) is 136 cm³/mol. The summed E-state index contributed by atoms with van der Waals surface area (Å²) in [5.41, 5.74) is 5.68. The molecular weight excluding hydrogens is 611 g/mol.